The van der Waals surface area contributed by atoms with Crippen molar-refractivity contribution in [2.75, 3.05) is 5.32 Å². The highest BCUT2D eigenvalue weighted by Crippen LogP contribution is 2.49. The summed E-state index contributed by atoms with van der Waals surface area (Å²) in [6.45, 7) is 0. The number of anilines is 1. The van der Waals surface area contributed by atoms with Crippen LogP contribution in [-0.4, -0.2) is 37.1 Å². The van der Waals surface area contributed by atoms with Crippen molar-refractivity contribution in [1.82, 2.24) is 19.9 Å². The highest BCUT2D eigenvalue weighted by Gasteiger charge is 2.51. The predicted molar refractivity (Wildman–Crippen MR) is 101 cm³/mol. The van der Waals surface area contributed by atoms with E-state index in [0.717, 1.165) is 30.8 Å². The standard InChI is InChI=1S/C19H17ClFN5O2/c20-10-4-11-12(6-23-16(11)22-5-10)17-24-7-13(21)18(26-17)25-15-9-2-1-8(3-9)14(15)19(27)28/h4-9,14-15H,1-3H2,(H,22,23)(H,27,28)(H,24,25,26)/t8-,9+,14?,15+/m1/s1. The van der Waals surface area contributed by atoms with E-state index in [2.05, 4.69) is 25.3 Å². The quantitative estimate of drug-likeness (QED) is 0.615. The number of hydrogen-bond acceptors (Lipinski definition) is 5. The number of aromatic amines is 1. The molecule has 3 N–H and O–H groups in total. The van der Waals surface area contributed by atoms with Crippen LogP contribution in [-0.2, 0) is 4.79 Å². The third-order valence-corrected chi connectivity index (χ3v) is 6.19. The van der Waals surface area contributed by atoms with Gasteiger partial charge in [0.15, 0.2) is 17.5 Å². The first-order valence-corrected chi connectivity index (χ1v) is 9.54. The Balaban J connectivity index is 1.51. The van der Waals surface area contributed by atoms with Gasteiger partial charge in [0, 0.05) is 29.4 Å². The molecule has 144 valence electrons. The van der Waals surface area contributed by atoms with Crippen LogP contribution in [0.3, 0.4) is 0 Å². The van der Waals surface area contributed by atoms with Crippen molar-refractivity contribution in [1.29, 1.82) is 0 Å². The SMILES string of the molecule is O=C(O)C1[C@@H]2CC[C@@H](C2)[C@@H]1Nc1nc(-c2c[nH]c3ncc(Cl)cc23)ncc1F. The van der Waals surface area contributed by atoms with Crippen LogP contribution in [0.1, 0.15) is 19.3 Å². The Labute approximate surface area is 164 Å². The molecule has 2 aliphatic rings. The molecule has 5 rings (SSSR count). The van der Waals surface area contributed by atoms with E-state index in [0.29, 0.717) is 22.1 Å². The molecule has 2 fully saturated rings. The fourth-order valence-corrected chi connectivity index (χ4v) is 4.93. The minimum Gasteiger partial charge on any atom is -0.481 e. The molecule has 4 atom stereocenters. The van der Waals surface area contributed by atoms with Gasteiger partial charge in [0.05, 0.1) is 17.1 Å². The van der Waals surface area contributed by atoms with Gasteiger partial charge >= 0.3 is 5.97 Å². The molecule has 2 saturated carbocycles. The molecular weight excluding hydrogens is 385 g/mol. The number of carbonyl (C=O) groups is 1. The zero-order valence-electron chi connectivity index (χ0n) is 14.7. The third-order valence-electron chi connectivity index (χ3n) is 5.99. The van der Waals surface area contributed by atoms with E-state index in [-0.39, 0.29) is 23.7 Å². The molecule has 9 heteroatoms. The summed E-state index contributed by atoms with van der Waals surface area (Å²) in [6.07, 6.45) is 7.07. The summed E-state index contributed by atoms with van der Waals surface area (Å²) in [5, 5.41) is 13.9. The molecule has 2 aliphatic carbocycles. The zero-order valence-corrected chi connectivity index (χ0v) is 15.4. The van der Waals surface area contributed by atoms with E-state index in [1.165, 1.54) is 6.20 Å². The molecule has 3 aromatic heterocycles. The number of fused-ring (bicyclic) bond motifs is 3. The third kappa shape index (κ3) is 2.71. The largest absolute Gasteiger partial charge is 0.481 e. The fourth-order valence-electron chi connectivity index (χ4n) is 4.77. The van der Waals surface area contributed by atoms with Gasteiger partial charge in [-0.1, -0.05) is 11.6 Å². The summed E-state index contributed by atoms with van der Waals surface area (Å²) < 4.78 is 14.4. The van der Waals surface area contributed by atoms with Gasteiger partial charge in [0.2, 0.25) is 0 Å². The van der Waals surface area contributed by atoms with Crippen LogP contribution in [0.15, 0.2) is 24.7 Å². The highest BCUT2D eigenvalue weighted by molar-refractivity contribution is 6.31. The van der Waals surface area contributed by atoms with Gasteiger partial charge in [-0.3, -0.25) is 4.79 Å². The van der Waals surface area contributed by atoms with Crippen LogP contribution in [0.2, 0.25) is 5.02 Å². The maximum Gasteiger partial charge on any atom is 0.308 e. The molecule has 28 heavy (non-hydrogen) atoms. The van der Waals surface area contributed by atoms with Crippen molar-refractivity contribution in [3.05, 3.63) is 35.5 Å². The predicted octanol–water partition coefficient (Wildman–Crippen LogP) is 3.72. The number of carboxylic acid groups (broad SMARTS) is 1. The molecule has 3 aromatic rings. The summed E-state index contributed by atoms with van der Waals surface area (Å²) in [5.41, 5.74) is 1.27. The molecule has 1 unspecified atom stereocenters. The summed E-state index contributed by atoms with van der Waals surface area (Å²) >= 11 is 6.04. The number of hydrogen-bond donors (Lipinski definition) is 3. The van der Waals surface area contributed by atoms with Gasteiger partial charge in [-0.05, 0) is 37.2 Å². The van der Waals surface area contributed by atoms with E-state index < -0.39 is 17.7 Å². The molecule has 7 nitrogen and oxygen atoms in total. The van der Waals surface area contributed by atoms with Crippen LogP contribution in [0.25, 0.3) is 22.4 Å². The summed E-state index contributed by atoms with van der Waals surface area (Å²) in [6, 6.07) is 1.42. The zero-order chi connectivity index (χ0) is 19.4. The number of nitrogens with one attached hydrogen (secondary N) is 2. The molecule has 0 amide bonds. The molecular formula is C19H17ClFN5O2. The lowest BCUT2D eigenvalue weighted by atomic mass is 9.84. The second kappa shape index (κ2) is 6.41. The minimum absolute atomic E-state index is 0.0261. The topological polar surface area (TPSA) is 104 Å². The van der Waals surface area contributed by atoms with Gasteiger partial charge < -0.3 is 15.4 Å². The molecule has 2 bridgehead atoms. The lowest BCUT2D eigenvalue weighted by molar-refractivity contribution is -0.143. The number of rotatable bonds is 4. The monoisotopic (exact) mass is 401 g/mol. The van der Waals surface area contributed by atoms with Crippen molar-refractivity contribution >= 4 is 34.4 Å². The van der Waals surface area contributed by atoms with Crippen LogP contribution in [0, 0.1) is 23.6 Å². The maximum absolute atomic E-state index is 14.4. The summed E-state index contributed by atoms with van der Waals surface area (Å²) in [4.78, 5) is 27.4. The molecule has 0 saturated heterocycles. The highest BCUT2D eigenvalue weighted by atomic mass is 35.5. The van der Waals surface area contributed by atoms with Crippen molar-refractivity contribution < 1.29 is 14.3 Å². The second-order valence-electron chi connectivity index (χ2n) is 7.51. The number of halogens is 2. The van der Waals surface area contributed by atoms with Gasteiger partial charge in [0.25, 0.3) is 0 Å². The summed E-state index contributed by atoms with van der Waals surface area (Å²) in [5.74, 6) is -1.25. The molecule has 0 aliphatic heterocycles. The molecule has 0 radical (unpaired) electrons. The number of nitrogens with zero attached hydrogens (tertiary/aromatic N) is 3. The van der Waals surface area contributed by atoms with Crippen LogP contribution in [0.4, 0.5) is 10.2 Å². The second-order valence-corrected chi connectivity index (χ2v) is 7.95. The lowest BCUT2D eigenvalue weighted by Gasteiger charge is -2.29. The van der Waals surface area contributed by atoms with E-state index in [1.54, 1.807) is 12.3 Å². The molecule has 3 heterocycles. The number of aromatic nitrogens is 4. The van der Waals surface area contributed by atoms with Crippen molar-refractivity contribution in [3.8, 4) is 11.4 Å². The van der Waals surface area contributed by atoms with Crippen molar-refractivity contribution in [3.63, 3.8) is 0 Å². The normalized spacial score (nSPS) is 26.1. The van der Waals surface area contributed by atoms with Gasteiger partial charge in [0.1, 0.15) is 5.65 Å². The first kappa shape index (κ1) is 17.4. The number of carboxylic acids is 1. The first-order chi connectivity index (χ1) is 13.5. The van der Waals surface area contributed by atoms with Crippen LogP contribution < -0.4 is 5.32 Å². The Morgan fingerprint density at radius 1 is 1.29 bits per heavy atom. The number of H-pyrrole nitrogens is 1. The first-order valence-electron chi connectivity index (χ1n) is 9.16. The molecule has 0 spiro atoms. The van der Waals surface area contributed by atoms with E-state index in [9.17, 15) is 14.3 Å². The van der Waals surface area contributed by atoms with E-state index in [1.807, 2.05) is 0 Å². The maximum atomic E-state index is 14.4. The Kier molecular flexibility index (Phi) is 3.97. The van der Waals surface area contributed by atoms with E-state index >= 15 is 0 Å². The van der Waals surface area contributed by atoms with E-state index in [4.69, 9.17) is 11.6 Å². The number of pyridine rings is 1. The number of aliphatic carboxylic acids is 1. The lowest BCUT2D eigenvalue weighted by Crippen LogP contribution is -2.39. The minimum atomic E-state index is -0.836. The van der Waals surface area contributed by atoms with Crippen LogP contribution >= 0.6 is 11.6 Å². The average Bonchev–Trinajstić information content (AvgIpc) is 3.37. The Hall–Kier alpha value is -2.74. The van der Waals surface area contributed by atoms with Crippen molar-refractivity contribution in [2.45, 2.75) is 25.3 Å². The van der Waals surface area contributed by atoms with Crippen LogP contribution in [0.5, 0.6) is 0 Å². The van der Waals surface area contributed by atoms with Gasteiger partial charge in [-0.2, -0.15) is 0 Å². The summed E-state index contributed by atoms with van der Waals surface area (Å²) in [7, 11) is 0. The molecule has 0 aromatic carbocycles. The average molecular weight is 402 g/mol. The van der Waals surface area contributed by atoms with Crippen molar-refractivity contribution in [2.24, 2.45) is 17.8 Å². The smallest absolute Gasteiger partial charge is 0.308 e. The van der Waals surface area contributed by atoms with Gasteiger partial charge in [-0.15, -0.1) is 0 Å². The fraction of sp³-hybridized carbons (Fsp3) is 0.368. The van der Waals surface area contributed by atoms with Gasteiger partial charge in [-0.25, -0.2) is 19.3 Å². The Morgan fingerprint density at radius 2 is 2.11 bits per heavy atom. The Morgan fingerprint density at radius 3 is 2.93 bits per heavy atom. The Bertz CT molecular complexity index is 1090.